The van der Waals surface area contributed by atoms with Gasteiger partial charge < -0.3 is 24.4 Å². The Labute approximate surface area is 177 Å². The topological polar surface area (TPSA) is 102 Å². The fourth-order valence-electron chi connectivity index (χ4n) is 8.83. The number of hydrogen-bond donors (Lipinski definition) is 2. The van der Waals surface area contributed by atoms with Crippen molar-refractivity contribution in [1.29, 1.82) is 0 Å². The van der Waals surface area contributed by atoms with Crippen molar-refractivity contribution in [2.24, 2.45) is 39.9 Å². The third-order valence-electron chi connectivity index (χ3n) is 9.89. The van der Waals surface area contributed by atoms with Crippen LogP contribution in [0.2, 0.25) is 0 Å². The van der Waals surface area contributed by atoms with E-state index >= 15 is 0 Å². The molecule has 168 valence electrons. The standard InChI is InChI=1S/C23H34O7/c1-11-13-8-14(30-12(2)24)17-22-7-5-6-21(3,20(27)29-10-22)15(22)9-16(28-4)23(17,18(11)25)19(13)26/h11,13-17,19-20,26-27H,5-10H2,1-4H3/t11-,13+,14+,15-,16+,17+,19-,20-,21-,22+,23?/m1/s1. The van der Waals surface area contributed by atoms with Crippen LogP contribution < -0.4 is 0 Å². The summed E-state index contributed by atoms with van der Waals surface area (Å²) < 4.78 is 17.8. The smallest absolute Gasteiger partial charge is 0.302 e. The number of aliphatic hydroxyl groups excluding tert-OH is 2. The highest BCUT2D eigenvalue weighted by Gasteiger charge is 2.79. The molecular weight excluding hydrogens is 388 g/mol. The number of rotatable bonds is 2. The van der Waals surface area contributed by atoms with Gasteiger partial charge in [0.25, 0.3) is 0 Å². The van der Waals surface area contributed by atoms with E-state index < -0.39 is 40.8 Å². The minimum Gasteiger partial charge on any atom is -0.462 e. The molecule has 2 N–H and O–H groups in total. The van der Waals surface area contributed by atoms with Gasteiger partial charge in [-0.2, -0.15) is 0 Å². The average molecular weight is 423 g/mol. The van der Waals surface area contributed by atoms with E-state index in [1.807, 2.05) is 6.92 Å². The third-order valence-corrected chi connectivity index (χ3v) is 9.89. The molecule has 7 nitrogen and oxygen atoms in total. The molecule has 1 spiro atoms. The van der Waals surface area contributed by atoms with Crippen molar-refractivity contribution in [3.8, 4) is 0 Å². The Balaban J connectivity index is 1.74. The highest BCUT2D eigenvalue weighted by Crippen LogP contribution is 2.73. The van der Waals surface area contributed by atoms with Crippen molar-refractivity contribution >= 4 is 11.8 Å². The van der Waals surface area contributed by atoms with Gasteiger partial charge in [0, 0.05) is 36.7 Å². The number of esters is 1. The van der Waals surface area contributed by atoms with E-state index in [0.717, 1.165) is 19.3 Å². The molecule has 0 aromatic heterocycles. The zero-order valence-corrected chi connectivity index (χ0v) is 18.3. The normalized spacial score (nSPS) is 56.8. The number of fused-ring (bicyclic) bond motifs is 1. The van der Waals surface area contributed by atoms with Crippen LogP contribution in [0.1, 0.15) is 52.9 Å². The van der Waals surface area contributed by atoms with Crippen LogP contribution in [0, 0.1) is 39.9 Å². The summed E-state index contributed by atoms with van der Waals surface area (Å²) in [7, 11) is 1.61. The largest absolute Gasteiger partial charge is 0.462 e. The van der Waals surface area contributed by atoms with Crippen molar-refractivity contribution in [2.45, 2.75) is 77.5 Å². The molecule has 0 amide bonds. The highest BCUT2D eigenvalue weighted by molar-refractivity contribution is 5.92. The quantitative estimate of drug-likeness (QED) is 0.653. The van der Waals surface area contributed by atoms with E-state index in [1.54, 1.807) is 7.11 Å². The maximum Gasteiger partial charge on any atom is 0.302 e. The predicted molar refractivity (Wildman–Crippen MR) is 105 cm³/mol. The molecule has 0 radical (unpaired) electrons. The monoisotopic (exact) mass is 422 g/mol. The lowest BCUT2D eigenvalue weighted by Gasteiger charge is -2.70. The Kier molecular flexibility index (Phi) is 4.52. The first-order chi connectivity index (χ1) is 14.1. The average Bonchev–Trinajstić information content (AvgIpc) is 2.81. The summed E-state index contributed by atoms with van der Waals surface area (Å²) >= 11 is 0. The molecule has 1 unspecified atom stereocenters. The number of carbonyl (C=O) groups excluding carboxylic acids is 2. The third kappa shape index (κ3) is 2.20. The lowest BCUT2D eigenvalue weighted by Crippen LogP contribution is -2.75. The van der Waals surface area contributed by atoms with Crippen molar-refractivity contribution in [3.05, 3.63) is 0 Å². The van der Waals surface area contributed by atoms with Gasteiger partial charge in [0.1, 0.15) is 11.9 Å². The summed E-state index contributed by atoms with van der Waals surface area (Å²) in [5.74, 6) is -1.19. The molecular formula is C23H34O7. The lowest BCUT2D eigenvalue weighted by molar-refractivity contribution is -0.344. The molecule has 1 saturated heterocycles. The summed E-state index contributed by atoms with van der Waals surface area (Å²) in [5, 5.41) is 22.4. The van der Waals surface area contributed by atoms with Gasteiger partial charge in [-0.05, 0) is 37.5 Å². The Morgan fingerprint density at radius 1 is 1.23 bits per heavy atom. The van der Waals surface area contributed by atoms with Crippen molar-refractivity contribution in [3.63, 3.8) is 0 Å². The Morgan fingerprint density at radius 3 is 2.63 bits per heavy atom. The lowest BCUT2D eigenvalue weighted by atomic mass is 9.38. The second-order valence-electron chi connectivity index (χ2n) is 10.8. The van der Waals surface area contributed by atoms with Gasteiger partial charge in [-0.25, -0.2) is 0 Å². The Bertz CT molecular complexity index is 769. The van der Waals surface area contributed by atoms with Crippen LogP contribution in [-0.4, -0.2) is 60.3 Å². The molecule has 4 saturated carbocycles. The van der Waals surface area contributed by atoms with Gasteiger partial charge in [0.05, 0.1) is 24.2 Å². The molecule has 5 aliphatic rings. The van der Waals surface area contributed by atoms with Gasteiger partial charge >= 0.3 is 5.97 Å². The molecule has 1 heterocycles. The minimum atomic E-state index is -1.10. The first kappa shape index (κ1) is 20.9. The SMILES string of the molecule is CO[C@H]1C[C@@H]2[C@@]3(C)CCC[C@@]2(CO[C@H]3O)[C@@H]2[C@@H](OC(C)=O)C[C@@H]3[C@@H](O)C12C(=O)[C@@H]3C. The van der Waals surface area contributed by atoms with Crippen LogP contribution in [0.4, 0.5) is 0 Å². The van der Waals surface area contributed by atoms with Crippen molar-refractivity contribution < 1.29 is 34.0 Å². The van der Waals surface area contributed by atoms with Crippen LogP contribution in [0.15, 0.2) is 0 Å². The molecule has 5 rings (SSSR count). The number of aliphatic hydroxyl groups is 2. The van der Waals surface area contributed by atoms with Crippen LogP contribution in [-0.2, 0) is 23.8 Å². The fraction of sp³-hybridized carbons (Fsp3) is 0.913. The minimum absolute atomic E-state index is 0.0396. The summed E-state index contributed by atoms with van der Waals surface area (Å²) in [5.41, 5.74) is -1.99. The molecule has 4 bridgehead atoms. The van der Waals surface area contributed by atoms with Crippen molar-refractivity contribution in [1.82, 2.24) is 0 Å². The summed E-state index contributed by atoms with van der Waals surface area (Å²) in [6, 6.07) is 0. The Morgan fingerprint density at radius 2 is 1.97 bits per heavy atom. The van der Waals surface area contributed by atoms with Crippen LogP contribution in [0.25, 0.3) is 0 Å². The van der Waals surface area contributed by atoms with E-state index in [4.69, 9.17) is 14.2 Å². The van der Waals surface area contributed by atoms with E-state index in [0.29, 0.717) is 19.4 Å². The van der Waals surface area contributed by atoms with E-state index in [-0.39, 0.29) is 35.4 Å². The highest BCUT2D eigenvalue weighted by atomic mass is 16.6. The zero-order chi connectivity index (χ0) is 21.6. The van der Waals surface area contributed by atoms with E-state index in [2.05, 4.69) is 6.92 Å². The van der Waals surface area contributed by atoms with Gasteiger partial charge in [-0.1, -0.05) is 20.3 Å². The molecule has 30 heavy (non-hydrogen) atoms. The number of carbonyl (C=O) groups is 2. The maximum atomic E-state index is 13.9. The maximum absolute atomic E-state index is 13.9. The Hall–Kier alpha value is -1.02. The number of ketones is 1. The van der Waals surface area contributed by atoms with Crippen LogP contribution in [0.3, 0.4) is 0 Å². The second kappa shape index (κ2) is 6.50. The van der Waals surface area contributed by atoms with Gasteiger partial charge in [0.15, 0.2) is 6.29 Å². The molecule has 4 aliphatic carbocycles. The molecule has 1 aliphatic heterocycles. The van der Waals surface area contributed by atoms with Gasteiger partial charge in [-0.15, -0.1) is 0 Å². The molecule has 5 fully saturated rings. The van der Waals surface area contributed by atoms with Crippen LogP contribution >= 0.6 is 0 Å². The van der Waals surface area contributed by atoms with Gasteiger partial charge in [0.2, 0.25) is 0 Å². The predicted octanol–water partition coefficient (Wildman–Crippen LogP) is 1.68. The number of ether oxygens (including phenoxy) is 3. The fourth-order valence-corrected chi connectivity index (χ4v) is 8.83. The molecule has 7 heteroatoms. The molecule has 0 aromatic carbocycles. The van der Waals surface area contributed by atoms with Crippen LogP contribution in [0.5, 0.6) is 0 Å². The molecule has 0 aromatic rings. The second-order valence-corrected chi connectivity index (χ2v) is 10.8. The van der Waals surface area contributed by atoms with Crippen molar-refractivity contribution in [2.75, 3.05) is 13.7 Å². The first-order valence-electron chi connectivity index (χ1n) is 11.4. The van der Waals surface area contributed by atoms with E-state index in [9.17, 15) is 19.8 Å². The van der Waals surface area contributed by atoms with E-state index in [1.165, 1.54) is 6.92 Å². The number of hydrogen-bond acceptors (Lipinski definition) is 7. The number of Topliss-reactive ketones (excluding diaryl/α,β-unsaturated/α-hetero) is 1. The number of methoxy groups -OCH3 is 1. The molecule has 11 atom stereocenters. The summed E-state index contributed by atoms with van der Waals surface area (Å²) in [6.07, 6.45) is 1.02. The summed E-state index contributed by atoms with van der Waals surface area (Å²) in [6.45, 7) is 5.68. The zero-order valence-electron chi connectivity index (χ0n) is 18.3. The summed E-state index contributed by atoms with van der Waals surface area (Å²) in [4.78, 5) is 25.9. The van der Waals surface area contributed by atoms with Gasteiger partial charge in [-0.3, -0.25) is 9.59 Å². The first-order valence-corrected chi connectivity index (χ1v) is 11.4.